The van der Waals surface area contributed by atoms with E-state index in [0.29, 0.717) is 0 Å². The van der Waals surface area contributed by atoms with Crippen molar-refractivity contribution in [3.05, 3.63) is 0 Å². The molecule has 0 bridgehead atoms. The van der Waals surface area contributed by atoms with E-state index in [1.807, 2.05) is 0 Å². The first-order chi connectivity index (χ1) is 8.38. The summed E-state index contributed by atoms with van der Waals surface area (Å²) in [5.41, 5.74) is 0. The van der Waals surface area contributed by atoms with Crippen molar-refractivity contribution in [1.82, 2.24) is 10.2 Å². The van der Waals surface area contributed by atoms with E-state index in [2.05, 4.69) is 17.1 Å². The maximum atomic E-state index is 3.66. The molecule has 0 aromatic carbocycles. The Labute approximate surface area is 107 Å². The third kappa shape index (κ3) is 4.59. The van der Waals surface area contributed by atoms with E-state index in [-0.39, 0.29) is 0 Å². The van der Waals surface area contributed by atoms with Gasteiger partial charge in [0.15, 0.2) is 0 Å². The molecule has 0 spiro atoms. The van der Waals surface area contributed by atoms with E-state index in [9.17, 15) is 0 Å². The third-order valence-electron chi connectivity index (χ3n) is 4.70. The second-order valence-corrected chi connectivity index (χ2v) is 5.98. The Kier molecular flexibility index (Phi) is 5.79. The van der Waals surface area contributed by atoms with Crippen molar-refractivity contribution in [1.29, 1.82) is 0 Å². The molecular weight excluding hydrogens is 208 g/mol. The molecule has 0 radical (unpaired) electrons. The monoisotopic (exact) mass is 238 g/mol. The van der Waals surface area contributed by atoms with Gasteiger partial charge in [0.1, 0.15) is 0 Å². The van der Waals surface area contributed by atoms with Crippen LogP contribution in [-0.2, 0) is 0 Å². The maximum Gasteiger partial charge on any atom is 0.00766 e. The SMILES string of the molecule is CCC1CCN(CCC2CCCC2)CCCN1. The molecule has 2 fully saturated rings. The molecule has 1 heterocycles. The maximum absolute atomic E-state index is 3.66. The zero-order chi connectivity index (χ0) is 11.9. The van der Waals surface area contributed by atoms with Crippen LogP contribution in [0.25, 0.3) is 0 Å². The number of hydrogen-bond donors (Lipinski definition) is 1. The smallest absolute Gasteiger partial charge is 0.00766 e. The molecule has 0 aromatic heterocycles. The van der Waals surface area contributed by atoms with Crippen LogP contribution in [-0.4, -0.2) is 37.1 Å². The van der Waals surface area contributed by atoms with Crippen molar-refractivity contribution in [3.63, 3.8) is 0 Å². The van der Waals surface area contributed by atoms with Crippen LogP contribution in [0.3, 0.4) is 0 Å². The highest BCUT2D eigenvalue weighted by atomic mass is 15.1. The van der Waals surface area contributed by atoms with Gasteiger partial charge in [-0.3, -0.25) is 0 Å². The molecule has 0 amide bonds. The highest BCUT2D eigenvalue weighted by Gasteiger charge is 2.17. The van der Waals surface area contributed by atoms with Crippen LogP contribution in [0.5, 0.6) is 0 Å². The van der Waals surface area contributed by atoms with Crippen LogP contribution in [0, 0.1) is 5.92 Å². The predicted octanol–water partition coefficient (Wildman–Crippen LogP) is 3.03. The number of nitrogens with zero attached hydrogens (tertiary/aromatic N) is 1. The molecule has 2 rings (SSSR count). The molecule has 1 atom stereocenters. The van der Waals surface area contributed by atoms with Crippen LogP contribution >= 0.6 is 0 Å². The number of nitrogens with one attached hydrogen (secondary N) is 1. The van der Waals surface area contributed by atoms with E-state index in [1.165, 1.54) is 77.5 Å². The molecule has 17 heavy (non-hydrogen) atoms. The third-order valence-corrected chi connectivity index (χ3v) is 4.70. The summed E-state index contributed by atoms with van der Waals surface area (Å²) in [7, 11) is 0. The Hall–Kier alpha value is -0.0800. The highest BCUT2D eigenvalue weighted by Crippen LogP contribution is 2.27. The number of hydrogen-bond acceptors (Lipinski definition) is 2. The first kappa shape index (κ1) is 13.4. The van der Waals surface area contributed by atoms with Gasteiger partial charge in [-0.2, -0.15) is 0 Å². The van der Waals surface area contributed by atoms with Gasteiger partial charge in [-0.05, 0) is 57.8 Å². The Morgan fingerprint density at radius 1 is 1.06 bits per heavy atom. The highest BCUT2D eigenvalue weighted by molar-refractivity contribution is 4.74. The Morgan fingerprint density at radius 3 is 2.65 bits per heavy atom. The van der Waals surface area contributed by atoms with Gasteiger partial charge in [0.25, 0.3) is 0 Å². The Bertz CT molecular complexity index is 199. The van der Waals surface area contributed by atoms with Gasteiger partial charge < -0.3 is 10.2 Å². The molecule has 100 valence electrons. The molecule has 2 aliphatic rings. The van der Waals surface area contributed by atoms with Gasteiger partial charge in [-0.25, -0.2) is 0 Å². The topological polar surface area (TPSA) is 15.3 Å². The summed E-state index contributed by atoms with van der Waals surface area (Å²) in [6.45, 7) is 7.52. The fraction of sp³-hybridized carbons (Fsp3) is 1.00. The fourth-order valence-electron chi connectivity index (χ4n) is 3.40. The van der Waals surface area contributed by atoms with Crippen molar-refractivity contribution in [3.8, 4) is 0 Å². The molecule has 1 N–H and O–H groups in total. The first-order valence-corrected chi connectivity index (χ1v) is 7.84. The largest absolute Gasteiger partial charge is 0.314 e. The van der Waals surface area contributed by atoms with Gasteiger partial charge in [0.2, 0.25) is 0 Å². The minimum absolute atomic E-state index is 0.768. The van der Waals surface area contributed by atoms with Crippen LogP contribution in [0.15, 0.2) is 0 Å². The zero-order valence-corrected chi connectivity index (χ0v) is 11.6. The second kappa shape index (κ2) is 7.38. The van der Waals surface area contributed by atoms with Crippen LogP contribution in [0.2, 0.25) is 0 Å². The van der Waals surface area contributed by atoms with Gasteiger partial charge in [-0.15, -0.1) is 0 Å². The molecule has 1 saturated heterocycles. The minimum atomic E-state index is 0.768. The van der Waals surface area contributed by atoms with Gasteiger partial charge >= 0.3 is 0 Å². The molecular formula is C15H30N2. The minimum Gasteiger partial charge on any atom is -0.314 e. The lowest BCUT2D eigenvalue weighted by molar-refractivity contribution is 0.217. The van der Waals surface area contributed by atoms with E-state index in [0.717, 1.165) is 12.0 Å². The van der Waals surface area contributed by atoms with Gasteiger partial charge in [-0.1, -0.05) is 32.6 Å². The van der Waals surface area contributed by atoms with E-state index < -0.39 is 0 Å². The van der Waals surface area contributed by atoms with Gasteiger partial charge in [0.05, 0.1) is 0 Å². The molecule has 1 aliphatic carbocycles. The lowest BCUT2D eigenvalue weighted by Crippen LogP contribution is -2.40. The second-order valence-electron chi connectivity index (χ2n) is 5.98. The summed E-state index contributed by atoms with van der Waals surface area (Å²) < 4.78 is 0. The standard InChI is InChI=1S/C15H30N2/c1-2-15-9-13-17(11-5-10-16-15)12-8-14-6-3-4-7-14/h14-16H,2-13H2,1H3. The van der Waals surface area contributed by atoms with E-state index >= 15 is 0 Å². The van der Waals surface area contributed by atoms with Crippen LogP contribution < -0.4 is 5.32 Å². The fourth-order valence-corrected chi connectivity index (χ4v) is 3.40. The lowest BCUT2D eigenvalue weighted by atomic mass is 10.0. The summed E-state index contributed by atoms with van der Waals surface area (Å²) >= 11 is 0. The number of rotatable bonds is 4. The summed E-state index contributed by atoms with van der Waals surface area (Å²) in [6, 6.07) is 0.768. The Morgan fingerprint density at radius 2 is 1.88 bits per heavy atom. The molecule has 2 nitrogen and oxygen atoms in total. The summed E-state index contributed by atoms with van der Waals surface area (Å²) in [6.07, 6.45) is 11.4. The van der Waals surface area contributed by atoms with Crippen molar-refractivity contribution >= 4 is 0 Å². The molecule has 2 heteroatoms. The zero-order valence-electron chi connectivity index (χ0n) is 11.6. The average Bonchev–Trinajstić information content (AvgIpc) is 2.81. The molecule has 1 aliphatic heterocycles. The van der Waals surface area contributed by atoms with Crippen molar-refractivity contribution < 1.29 is 0 Å². The normalized spacial score (nSPS) is 29.1. The van der Waals surface area contributed by atoms with Crippen LogP contribution in [0.1, 0.15) is 58.3 Å². The summed E-state index contributed by atoms with van der Waals surface area (Å²) in [4.78, 5) is 2.72. The van der Waals surface area contributed by atoms with E-state index in [1.54, 1.807) is 0 Å². The van der Waals surface area contributed by atoms with E-state index in [4.69, 9.17) is 0 Å². The molecule has 1 saturated carbocycles. The predicted molar refractivity (Wildman–Crippen MR) is 74.3 cm³/mol. The van der Waals surface area contributed by atoms with Crippen LogP contribution in [0.4, 0.5) is 0 Å². The average molecular weight is 238 g/mol. The van der Waals surface area contributed by atoms with Crippen molar-refractivity contribution in [2.75, 3.05) is 26.2 Å². The van der Waals surface area contributed by atoms with Crippen molar-refractivity contribution in [2.24, 2.45) is 5.92 Å². The summed E-state index contributed by atoms with van der Waals surface area (Å²) in [5, 5.41) is 3.66. The Balaban J connectivity index is 1.67. The molecule has 0 aromatic rings. The quantitative estimate of drug-likeness (QED) is 0.810. The van der Waals surface area contributed by atoms with Gasteiger partial charge in [0, 0.05) is 6.04 Å². The molecule has 1 unspecified atom stereocenters. The summed E-state index contributed by atoms with van der Waals surface area (Å²) in [5.74, 6) is 1.06. The first-order valence-electron chi connectivity index (χ1n) is 7.84. The lowest BCUT2D eigenvalue weighted by Gasteiger charge is -2.29. The van der Waals surface area contributed by atoms with Crippen molar-refractivity contribution in [2.45, 2.75) is 64.3 Å².